The summed E-state index contributed by atoms with van der Waals surface area (Å²) in [5, 5.41) is 18.7. The van der Waals surface area contributed by atoms with Crippen LogP contribution < -0.4 is 0 Å². The van der Waals surface area contributed by atoms with Crippen LogP contribution in [0.3, 0.4) is 0 Å². The summed E-state index contributed by atoms with van der Waals surface area (Å²) in [6.07, 6.45) is 0. The Kier molecular flexibility index (Phi) is 2.74. The van der Waals surface area contributed by atoms with Crippen molar-refractivity contribution >= 4 is 11.3 Å². The number of nitrogens with zero attached hydrogens (tertiary/aromatic N) is 2. The molecule has 1 aromatic heterocycles. The SMILES string of the molecule is Cc1ncsc1CN1CC2C(C1)C2(CO)CO. The first-order valence-electron chi connectivity index (χ1n) is 6.04. The van der Waals surface area contributed by atoms with Gasteiger partial charge in [-0.25, -0.2) is 4.98 Å². The number of fused-ring (bicyclic) bond motifs is 1. The van der Waals surface area contributed by atoms with Crippen molar-refractivity contribution < 1.29 is 10.2 Å². The van der Waals surface area contributed by atoms with Crippen LogP contribution in [0, 0.1) is 24.2 Å². The van der Waals surface area contributed by atoms with E-state index in [4.69, 9.17) is 0 Å². The molecule has 2 unspecified atom stereocenters. The zero-order valence-corrected chi connectivity index (χ0v) is 10.8. The molecule has 0 spiro atoms. The van der Waals surface area contributed by atoms with E-state index in [1.807, 2.05) is 12.4 Å². The molecule has 2 N–H and O–H groups in total. The number of hydrogen-bond donors (Lipinski definition) is 2. The Labute approximate surface area is 105 Å². The van der Waals surface area contributed by atoms with E-state index in [9.17, 15) is 10.2 Å². The highest BCUT2D eigenvalue weighted by molar-refractivity contribution is 7.09. The zero-order valence-electron chi connectivity index (χ0n) is 9.96. The molecule has 0 amide bonds. The maximum Gasteiger partial charge on any atom is 0.0798 e. The first-order chi connectivity index (χ1) is 8.21. The zero-order chi connectivity index (χ0) is 12.0. The fraction of sp³-hybridized carbons (Fsp3) is 0.750. The molecule has 1 saturated carbocycles. The molecule has 94 valence electrons. The number of aliphatic hydroxyl groups is 2. The molecular formula is C12H18N2O2S. The van der Waals surface area contributed by atoms with Crippen molar-refractivity contribution in [2.75, 3.05) is 26.3 Å². The Morgan fingerprint density at radius 2 is 2.06 bits per heavy atom. The number of aliphatic hydroxyl groups excluding tert-OH is 2. The molecule has 4 nitrogen and oxygen atoms in total. The molecular weight excluding hydrogens is 236 g/mol. The predicted octanol–water partition coefficient (Wildman–Crippen LogP) is 0.484. The summed E-state index contributed by atoms with van der Waals surface area (Å²) >= 11 is 1.71. The molecule has 17 heavy (non-hydrogen) atoms. The van der Waals surface area contributed by atoms with Crippen LogP contribution in [-0.4, -0.2) is 46.4 Å². The highest BCUT2D eigenvalue weighted by Crippen LogP contribution is 2.62. The van der Waals surface area contributed by atoms with Crippen LogP contribution in [0.15, 0.2) is 5.51 Å². The second-order valence-electron chi connectivity index (χ2n) is 5.32. The van der Waals surface area contributed by atoms with Gasteiger partial charge in [0.25, 0.3) is 0 Å². The number of aromatic nitrogens is 1. The molecule has 2 aliphatic rings. The van der Waals surface area contributed by atoms with Crippen molar-refractivity contribution in [3.63, 3.8) is 0 Å². The molecule has 0 bridgehead atoms. The van der Waals surface area contributed by atoms with E-state index in [0.717, 1.165) is 25.3 Å². The van der Waals surface area contributed by atoms with Crippen LogP contribution in [0.5, 0.6) is 0 Å². The van der Waals surface area contributed by atoms with Gasteiger partial charge in [-0.2, -0.15) is 0 Å². The van der Waals surface area contributed by atoms with E-state index in [1.165, 1.54) is 4.88 Å². The van der Waals surface area contributed by atoms with Gasteiger partial charge in [-0.3, -0.25) is 4.90 Å². The van der Waals surface area contributed by atoms with Crippen LogP contribution in [0.4, 0.5) is 0 Å². The number of aryl methyl sites for hydroxylation is 1. The van der Waals surface area contributed by atoms with Crippen molar-refractivity contribution in [1.29, 1.82) is 0 Å². The van der Waals surface area contributed by atoms with Crippen LogP contribution in [0.2, 0.25) is 0 Å². The lowest BCUT2D eigenvalue weighted by molar-refractivity contribution is 0.0870. The van der Waals surface area contributed by atoms with Crippen molar-refractivity contribution in [3.05, 3.63) is 16.1 Å². The van der Waals surface area contributed by atoms with E-state index in [2.05, 4.69) is 9.88 Å². The molecule has 0 aromatic carbocycles. The highest BCUT2D eigenvalue weighted by atomic mass is 32.1. The molecule has 1 aromatic rings. The minimum Gasteiger partial charge on any atom is -0.396 e. The monoisotopic (exact) mass is 254 g/mol. The summed E-state index contributed by atoms with van der Waals surface area (Å²) in [7, 11) is 0. The Morgan fingerprint density at radius 3 is 2.53 bits per heavy atom. The highest BCUT2D eigenvalue weighted by Gasteiger charge is 2.67. The predicted molar refractivity (Wildman–Crippen MR) is 65.7 cm³/mol. The fourth-order valence-electron chi connectivity index (χ4n) is 3.25. The average molecular weight is 254 g/mol. The number of piperidine rings is 1. The van der Waals surface area contributed by atoms with Crippen molar-refractivity contribution in [3.8, 4) is 0 Å². The Morgan fingerprint density at radius 1 is 1.41 bits per heavy atom. The largest absolute Gasteiger partial charge is 0.396 e. The first-order valence-corrected chi connectivity index (χ1v) is 6.92. The normalized spacial score (nSPS) is 30.5. The third kappa shape index (κ3) is 1.64. The van der Waals surface area contributed by atoms with Gasteiger partial charge in [0.05, 0.1) is 24.4 Å². The summed E-state index contributed by atoms with van der Waals surface area (Å²) in [5.74, 6) is 0.983. The molecule has 2 heterocycles. The molecule has 1 saturated heterocycles. The van der Waals surface area contributed by atoms with Gasteiger partial charge in [-0.15, -0.1) is 11.3 Å². The van der Waals surface area contributed by atoms with E-state index >= 15 is 0 Å². The van der Waals surface area contributed by atoms with Crippen LogP contribution >= 0.6 is 11.3 Å². The average Bonchev–Trinajstić information content (AvgIpc) is 2.71. The fourth-order valence-corrected chi connectivity index (χ4v) is 4.07. The number of likely N-dealkylation sites (tertiary alicyclic amines) is 1. The van der Waals surface area contributed by atoms with Crippen LogP contribution in [0.1, 0.15) is 10.6 Å². The topological polar surface area (TPSA) is 56.6 Å². The van der Waals surface area contributed by atoms with Gasteiger partial charge in [0.2, 0.25) is 0 Å². The van der Waals surface area contributed by atoms with Gasteiger partial charge in [0.15, 0.2) is 0 Å². The maximum absolute atomic E-state index is 9.36. The second kappa shape index (κ2) is 4.02. The lowest BCUT2D eigenvalue weighted by Gasteiger charge is -2.23. The summed E-state index contributed by atoms with van der Waals surface area (Å²) in [5.41, 5.74) is 2.86. The molecule has 2 atom stereocenters. The van der Waals surface area contributed by atoms with E-state index in [1.54, 1.807) is 11.3 Å². The van der Waals surface area contributed by atoms with Gasteiger partial charge < -0.3 is 10.2 Å². The molecule has 1 aliphatic heterocycles. The molecule has 2 fully saturated rings. The molecule has 5 heteroatoms. The summed E-state index contributed by atoms with van der Waals surface area (Å²) in [6.45, 7) is 5.29. The third-order valence-corrected chi connectivity index (χ3v) is 5.48. The molecule has 1 aliphatic carbocycles. The van der Waals surface area contributed by atoms with Crippen molar-refractivity contribution in [1.82, 2.24) is 9.88 Å². The molecule has 0 radical (unpaired) electrons. The Hall–Kier alpha value is -0.490. The standard InChI is InChI=1S/C12H18N2O2S/c1-8-11(17-7-13-8)4-14-2-9-10(3-14)12(9,5-15)6-16/h7,9-10,15-16H,2-6H2,1H3. The Balaban J connectivity index is 1.61. The van der Waals surface area contributed by atoms with E-state index in [0.29, 0.717) is 11.8 Å². The Bertz CT molecular complexity index is 402. The maximum atomic E-state index is 9.36. The van der Waals surface area contributed by atoms with Crippen molar-refractivity contribution in [2.45, 2.75) is 13.5 Å². The first kappa shape index (κ1) is 11.6. The van der Waals surface area contributed by atoms with E-state index < -0.39 is 0 Å². The third-order valence-electron chi connectivity index (χ3n) is 4.56. The minimum absolute atomic E-state index is 0.131. The lowest BCUT2D eigenvalue weighted by Crippen LogP contribution is -2.31. The van der Waals surface area contributed by atoms with Gasteiger partial charge in [0.1, 0.15) is 0 Å². The summed E-state index contributed by atoms with van der Waals surface area (Å²) in [4.78, 5) is 8.02. The lowest BCUT2D eigenvalue weighted by atomic mass is 10.0. The van der Waals surface area contributed by atoms with Gasteiger partial charge in [-0.1, -0.05) is 0 Å². The van der Waals surface area contributed by atoms with Gasteiger partial charge in [0, 0.05) is 29.9 Å². The second-order valence-corrected chi connectivity index (χ2v) is 6.26. The minimum atomic E-state index is -0.167. The smallest absolute Gasteiger partial charge is 0.0798 e. The quantitative estimate of drug-likeness (QED) is 0.821. The van der Waals surface area contributed by atoms with Crippen LogP contribution in [0.25, 0.3) is 0 Å². The van der Waals surface area contributed by atoms with Crippen molar-refractivity contribution in [2.24, 2.45) is 17.3 Å². The van der Waals surface area contributed by atoms with E-state index in [-0.39, 0.29) is 18.6 Å². The van der Waals surface area contributed by atoms with Gasteiger partial charge in [-0.05, 0) is 18.8 Å². The van der Waals surface area contributed by atoms with Crippen LogP contribution in [-0.2, 0) is 6.54 Å². The summed E-state index contributed by atoms with van der Waals surface area (Å²) in [6, 6.07) is 0. The number of hydrogen-bond acceptors (Lipinski definition) is 5. The summed E-state index contributed by atoms with van der Waals surface area (Å²) < 4.78 is 0. The number of thiazole rings is 1. The van der Waals surface area contributed by atoms with Gasteiger partial charge >= 0.3 is 0 Å². The number of rotatable bonds is 4. The molecule has 3 rings (SSSR count).